The van der Waals surface area contributed by atoms with Gasteiger partial charge in [-0.05, 0) is 56.8 Å². The first-order chi connectivity index (χ1) is 14.7. The van der Waals surface area contributed by atoms with Gasteiger partial charge in [-0.15, -0.1) is 0 Å². The molecule has 164 valence electrons. The van der Waals surface area contributed by atoms with Crippen molar-refractivity contribution < 1.29 is 0 Å². The maximum atomic E-state index is 6.34. The van der Waals surface area contributed by atoms with Crippen molar-refractivity contribution in [3.63, 3.8) is 0 Å². The minimum absolute atomic E-state index is 0.664. The van der Waals surface area contributed by atoms with Crippen molar-refractivity contribution in [2.45, 2.75) is 38.8 Å². The lowest BCUT2D eigenvalue weighted by Gasteiger charge is -2.32. The Bertz CT molecular complexity index is 733. The highest BCUT2D eigenvalue weighted by atomic mass is 35.5. The predicted molar refractivity (Wildman–Crippen MR) is 126 cm³/mol. The highest BCUT2D eigenvalue weighted by Crippen LogP contribution is 2.23. The van der Waals surface area contributed by atoms with Crippen molar-refractivity contribution in [1.29, 1.82) is 0 Å². The summed E-state index contributed by atoms with van der Waals surface area (Å²) >= 11 is 6.34. The summed E-state index contributed by atoms with van der Waals surface area (Å²) in [7, 11) is 0. The zero-order valence-corrected chi connectivity index (χ0v) is 19.0. The van der Waals surface area contributed by atoms with Gasteiger partial charge < -0.3 is 10.2 Å². The molecule has 1 atom stereocenters. The minimum Gasteiger partial charge on any atom is -0.357 e. The number of halogens is 1. The van der Waals surface area contributed by atoms with Crippen molar-refractivity contribution >= 4 is 17.6 Å². The Morgan fingerprint density at radius 3 is 2.60 bits per heavy atom. The van der Waals surface area contributed by atoms with Crippen LogP contribution in [0.1, 0.15) is 31.7 Å². The summed E-state index contributed by atoms with van der Waals surface area (Å²) in [5, 5.41) is 4.42. The monoisotopic (exact) mass is 429 g/mol. The van der Waals surface area contributed by atoms with Gasteiger partial charge in [0.1, 0.15) is 0 Å². The number of nitrogens with one attached hydrogen (secondary N) is 1. The van der Waals surface area contributed by atoms with Crippen LogP contribution in [-0.4, -0.2) is 79.1 Å². The third-order valence-corrected chi connectivity index (χ3v) is 7.09. The first-order valence-electron chi connectivity index (χ1n) is 11.6. The molecule has 2 fully saturated rings. The fourth-order valence-corrected chi connectivity index (χ4v) is 5.06. The maximum Gasteiger partial charge on any atom is 0.193 e. The second kappa shape index (κ2) is 10.7. The summed E-state index contributed by atoms with van der Waals surface area (Å²) in [4.78, 5) is 12.6. The maximum absolute atomic E-state index is 6.34. The Morgan fingerprint density at radius 1 is 1.10 bits per heavy atom. The van der Waals surface area contributed by atoms with Crippen LogP contribution < -0.4 is 5.32 Å². The molecule has 0 bridgehead atoms. The van der Waals surface area contributed by atoms with Crippen LogP contribution in [0.2, 0.25) is 5.02 Å². The molecule has 0 saturated carbocycles. The first kappa shape index (κ1) is 21.7. The Balaban J connectivity index is 1.25. The van der Waals surface area contributed by atoms with E-state index in [-0.39, 0.29) is 0 Å². The van der Waals surface area contributed by atoms with Gasteiger partial charge in [-0.25, -0.2) is 0 Å². The normalized spacial score (nSPS) is 24.1. The Labute approximate surface area is 186 Å². The van der Waals surface area contributed by atoms with E-state index in [1.165, 1.54) is 24.8 Å². The van der Waals surface area contributed by atoms with Crippen LogP contribution in [0, 0.1) is 5.92 Å². The van der Waals surface area contributed by atoms with Gasteiger partial charge in [0.05, 0.1) is 0 Å². The third kappa shape index (κ3) is 5.57. The molecular formula is C24H36ClN5. The molecule has 0 aliphatic carbocycles. The van der Waals surface area contributed by atoms with Crippen LogP contribution >= 0.6 is 11.6 Å². The molecule has 1 N–H and O–H groups in total. The molecule has 2 saturated heterocycles. The molecule has 0 spiro atoms. The van der Waals surface area contributed by atoms with Crippen LogP contribution in [0.15, 0.2) is 41.4 Å². The van der Waals surface area contributed by atoms with Gasteiger partial charge in [-0.3, -0.25) is 14.8 Å². The van der Waals surface area contributed by atoms with Crippen molar-refractivity contribution in [2.75, 3.05) is 52.4 Å². The molecule has 6 heteroatoms. The van der Waals surface area contributed by atoms with E-state index in [0.717, 1.165) is 69.9 Å². The minimum atomic E-state index is 0.664. The number of likely N-dealkylation sites (tertiary alicyclic amines) is 2. The van der Waals surface area contributed by atoms with E-state index >= 15 is 0 Å². The van der Waals surface area contributed by atoms with Gasteiger partial charge in [0.2, 0.25) is 0 Å². The lowest BCUT2D eigenvalue weighted by atomic mass is 9.96. The fourth-order valence-electron chi connectivity index (χ4n) is 4.86. The van der Waals surface area contributed by atoms with Crippen LogP contribution in [0.5, 0.6) is 0 Å². The van der Waals surface area contributed by atoms with Gasteiger partial charge in [-0.1, -0.05) is 42.0 Å². The number of rotatable bonds is 6. The van der Waals surface area contributed by atoms with Crippen molar-refractivity contribution in [1.82, 2.24) is 20.0 Å². The second-order valence-electron chi connectivity index (χ2n) is 8.82. The number of hydrogen-bond donors (Lipinski definition) is 1. The summed E-state index contributed by atoms with van der Waals surface area (Å²) in [6, 6.07) is 8.88. The van der Waals surface area contributed by atoms with E-state index < -0.39 is 0 Å². The summed E-state index contributed by atoms with van der Waals surface area (Å²) in [6.45, 7) is 11.7. The molecule has 3 aliphatic rings. The van der Waals surface area contributed by atoms with Crippen LogP contribution in [0.25, 0.3) is 0 Å². The van der Waals surface area contributed by atoms with Gasteiger partial charge in [-0.2, -0.15) is 0 Å². The molecular weight excluding hydrogens is 394 g/mol. The fraction of sp³-hybridized carbons (Fsp3) is 0.625. The number of benzene rings is 1. The molecule has 0 aromatic heterocycles. The number of guanidine groups is 1. The molecule has 5 nitrogen and oxygen atoms in total. The molecule has 3 aliphatic heterocycles. The van der Waals surface area contributed by atoms with Gasteiger partial charge in [0.15, 0.2) is 5.96 Å². The Kier molecular flexibility index (Phi) is 7.69. The predicted octanol–water partition coefficient (Wildman–Crippen LogP) is 3.46. The molecule has 30 heavy (non-hydrogen) atoms. The van der Waals surface area contributed by atoms with Crippen LogP contribution in [0.3, 0.4) is 0 Å². The second-order valence-corrected chi connectivity index (χ2v) is 9.23. The lowest BCUT2D eigenvalue weighted by Crippen LogP contribution is -2.43. The average molecular weight is 430 g/mol. The van der Waals surface area contributed by atoms with Gasteiger partial charge in [0.25, 0.3) is 0 Å². The zero-order chi connectivity index (χ0) is 20.8. The van der Waals surface area contributed by atoms with E-state index in [4.69, 9.17) is 16.6 Å². The third-order valence-electron chi connectivity index (χ3n) is 6.72. The first-order valence-corrected chi connectivity index (χ1v) is 12.0. The topological polar surface area (TPSA) is 34.1 Å². The SMILES string of the molecule is CCNC(=NCC1CCN(Cc2ccccc2Cl)CC1)N1CCC(N2CC=CC2)C1. The van der Waals surface area contributed by atoms with Crippen molar-refractivity contribution in [3.8, 4) is 0 Å². The molecule has 4 rings (SSSR count). The van der Waals surface area contributed by atoms with Crippen LogP contribution in [0.4, 0.5) is 0 Å². The van der Waals surface area contributed by atoms with Gasteiger partial charge >= 0.3 is 0 Å². The molecule has 3 heterocycles. The molecule has 1 aromatic rings. The highest BCUT2D eigenvalue weighted by molar-refractivity contribution is 6.31. The highest BCUT2D eigenvalue weighted by Gasteiger charge is 2.29. The molecule has 1 unspecified atom stereocenters. The standard InChI is InChI=1S/C24H36ClN5/c1-2-26-24(30-16-11-22(19-30)29-12-5-6-13-29)27-17-20-9-14-28(15-10-20)18-21-7-3-4-8-23(21)25/h3-8,20,22H,2,9-19H2,1H3,(H,26,27). The molecule has 1 aromatic carbocycles. The zero-order valence-electron chi connectivity index (χ0n) is 18.3. The Hall–Kier alpha value is -1.56. The van der Waals surface area contributed by atoms with E-state index in [1.54, 1.807) is 0 Å². The molecule has 0 amide bonds. The number of nitrogens with zero attached hydrogens (tertiary/aromatic N) is 4. The van der Waals surface area contributed by atoms with E-state index in [2.05, 4.69) is 51.2 Å². The van der Waals surface area contributed by atoms with Gasteiger partial charge in [0, 0.05) is 56.9 Å². The average Bonchev–Trinajstić information content (AvgIpc) is 3.46. The summed E-state index contributed by atoms with van der Waals surface area (Å²) in [5.74, 6) is 1.80. The number of aliphatic imine (C=N–C) groups is 1. The number of piperidine rings is 1. The van der Waals surface area contributed by atoms with Crippen molar-refractivity contribution in [2.24, 2.45) is 10.9 Å². The summed E-state index contributed by atoms with van der Waals surface area (Å²) in [6.07, 6.45) is 8.26. The lowest BCUT2D eigenvalue weighted by molar-refractivity contribution is 0.180. The quantitative estimate of drug-likeness (QED) is 0.426. The van der Waals surface area contributed by atoms with E-state index in [0.29, 0.717) is 12.0 Å². The smallest absolute Gasteiger partial charge is 0.193 e. The Morgan fingerprint density at radius 2 is 1.87 bits per heavy atom. The van der Waals surface area contributed by atoms with Crippen LogP contribution in [-0.2, 0) is 6.54 Å². The summed E-state index contributed by atoms with van der Waals surface area (Å²) < 4.78 is 0. The molecule has 0 radical (unpaired) electrons. The number of hydrogen-bond acceptors (Lipinski definition) is 3. The van der Waals surface area contributed by atoms with E-state index in [1.807, 2.05) is 12.1 Å². The largest absolute Gasteiger partial charge is 0.357 e. The van der Waals surface area contributed by atoms with E-state index in [9.17, 15) is 0 Å². The van der Waals surface area contributed by atoms with Crippen molar-refractivity contribution in [3.05, 3.63) is 47.0 Å². The summed E-state index contributed by atoms with van der Waals surface area (Å²) in [5.41, 5.74) is 1.24.